The SMILES string of the molecule is CN=Cc1cc(C)ccc1Pc1cc(C)ccc1O.CN=Cc1cc(C)ccc1Pc1cccc(C)c1O.CN=Cc1ccccc1Pc1cc(C(C)(C)C)cc(C(C)(C)C)c1O.CN=Cc1ccccc1Pc1cc(C(C)(C)C)cc(C)c1O.CN=Cc1ccccc1Pc1cc(C)cc(C(C)(C)C)c1O.Cc1ccc(Pc2ccccc2O)c(C=N)c1. The standard InChI is InChI=1S/C22H30NOP.2C19H24NOP.2C16H18NOP.C14H14NOP/c1-21(2,3)16-12-17(22(4,5)6)20(24)19(13-16)25-18-11-9-8-10-15(18)14-23-7;1-13-10-15(19(2,3)4)11-17(18(13)21)22-16-9-7-6-8-14(16)12-20-5;1-13-10-15(19(2,3)4)18(21)17(11-13)22-16-9-7-6-8-14(16)12-20-5;1-11-5-7-15(13(8-11)10-17-3)19-16-9-12(2)4-6-14(16)18;1-11-7-8-14(13(9-11)10-17-3)19-15-6-4-5-12(2)16(15)18;1-10-6-7-13(11(8-10)9-15)17-14-5-3-2-4-12(14)16/h8-14,24-25H,1-7H3;2*6-12,21-22H,1-5H3;2*4-10,18-19H,1-3H3;2-9,15-17H,1H3. The molecule has 6 unspecified atom stereocenters. The Morgan fingerprint density at radius 3 is 0.976 bits per heavy atom. The number of phenols is 6. The molecule has 0 aliphatic rings. The highest BCUT2D eigenvalue weighted by molar-refractivity contribution is 7.57. The second-order valence-corrected chi connectivity index (χ2v) is 42.7. The highest BCUT2D eigenvalue weighted by atomic mass is 31.1. The molecule has 7 N–H and O–H groups in total. The van der Waals surface area contributed by atoms with Gasteiger partial charge in [-0.05, 0) is 207 Å². The number of phenolic OH excluding ortho intramolecular Hbond substituents is 6. The van der Waals surface area contributed by atoms with Gasteiger partial charge in [0, 0.05) is 127 Å². The molecule has 648 valence electrons. The van der Waals surface area contributed by atoms with Crippen LogP contribution in [0.5, 0.6) is 34.5 Å². The number of rotatable bonds is 18. The summed E-state index contributed by atoms with van der Waals surface area (Å²) in [6.45, 7) is 40.3. The van der Waals surface area contributed by atoms with Gasteiger partial charge in [-0.25, -0.2) is 0 Å². The Morgan fingerprint density at radius 1 is 0.242 bits per heavy atom. The molecule has 12 rings (SSSR count). The molecule has 0 aliphatic heterocycles. The lowest BCUT2D eigenvalue weighted by atomic mass is 9.80. The van der Waals surface area contributed by atoms with Gasteiger partial charge >= 0.3 is 0 Å². The fourth-order valence-electron chi connectivity index (χ4n) is 13.0. The third-order valence-electron chi connectivity index (χ3n) is 19.9. The van der Waals surface area contributed by atoms with Crippen molar-refractivity contribution in [2.45, 2.75) is 153 Å². The number of aliphatic imine (C=N–C) groups is 5. The van der Waals surface area contributed by atoms with Crippen molar-refractivity contribution < 1.29 is 30.6 Å². The van der Waals surface area contributed by atoms with Gasteiger partial charge in [0.2, 0.25) is 0 Å². The third-order valence-corrected chi connectivity index (χ3v) is 28.3. The molecule has 0 bridgehead atoms. The van der Waals surface area contributed by atoms with Crippen LogP contribution in [0.2, 0.25) is 0 Å². The number of benzene rings is 12. The number of aromatic hydroxyl groups is 6. The second-order valence-electron chi connectivity index (χ2n) is 34.7. The Balaban J connectivity index is 0.000000205. The van der Waals surface area contributed by atoms with Crippen molar-refractivity contribution in [3.05, 3.63) is 319 Å². The second kappa shape index (κ2) is 47.4. The van der Waals surface area contributed by atoms with E-state index in [0.717, 1.165) is 104 Å². The smallest absolute Gasteiger partial charge is 0.127 e. The number of hydrogen-bond acceptors (Lipinski definition) is 12. The molecular weight excluding hydrogens is 1640 g/mol. The zero-order valence-electron chi connectivity index (χ0n) is 76.7. The first-order chi connectivity index (χ1) is 58.6. The Hall–Kier alpha value is -9.96. The summed E-state index contributed by atoms with van der Waals surface area (Å²) < 4.78 is 0. The summed E-state index contributed by atoms with van der Waals surface area (Å²) in [6.07, 6.45) is 10.8. The van der Waals surface area contributed by atoms with E-state index in [1.165, 1.54) is 60.6 Å². The van der Waals surface area contributed by atoms with Crippen LogP contribution in [-0.4, -0.2) is 103 Å². The molecular formula is C106H128N6O6P6. The van der Waals surface area contributed by atoms with Crippen molar-refractivity contribution in [2.24, 2.45) is 25.0 Å². The molecule has 12 aromatic rings. The van der Waals surface area contributed by atoms with Crippen molar-refractivity contribution >= 4 is 152 Å². The lowest BCUT2D eigenvalue weighted by Gasteiger charge is -2.27. The number of nitrogens with one attached hydrogen (secondary N) is 1. The minimum atomic E-state index is -0.102. The molecule has 6 atom stereocenters. The van der Waals surface area contributed by atoms with Gasteiger partial charge in [-0.15, -0.1) is 0 Å². The maximum atomic E-state index is 11.0. The molecule has 124 heavy (non-hydrogen) atoms. The first-order valence-electron chi connectivity index (χ1n) is 41.4. The van der Waals surface area contributed by atoms with Gasteiger partial charge in [0.25, 0.3) is 0 Å². The van der Waals surface area contributed by atoms with E-state index < -0.39 is 0 Å². The molecule has 12 aromatic carbocycles. The highest BCUT2D eigenvalue weighted by Gasteiger charge is 2.27. The minimum Gasteiger partial charge on any atom is -0.507 e. The predicted octanol–water partition coefficient (Wildman–Crippen LogP) is 19.7. The minimum absolute atomic E-state index is 0.0390. The zero-order valence-corrected chi connectivity index (χ0v) is 82.7. The van der Waals surface area contributed by atoms with Gasteiger partial charge in [-0.2, -0.15) is 0 Å². The van der Waals surface area contributed by atoms with Crippen LogP contribution < -0.4 is 63.7 Å². The van der Waals surface area contributed by atoms with Crippen LogP contribution in [0.4, 0.5) is 0 Å². The quantitative estimate of drug-likeness (QED) is 0.0328. The summed E-state index contributed by atoms with van der Waals surface area (Å²) in [4.78, 5) is 20.6. The highest BCUT2D eigenvalue weighted by Crippen LogP contribution is 2.39. The average Bonchev–Trinajstić information content (AvgIpc) is 0.785. The molecule has 0 amide bonds. The van der Waals surface area contributed by atoms with Crippen molar-refractivity contribution in [1.82, 2.24) is 0 Å². The first kappa shape index (κ1) is 101. The van der Waals surface area contributed by atoms with Gasteiger partial charge in [0.15, 0.2) is 0 Å². The molecule has 0 spiro atoms. The first-order valence-corrected chi connectivity index (χ1v) is 47.4. The van der Waals surface area contributed by atoms with E-state index >= 15 is 0 Å². The van der Waals surface area contributed by atoms with Gasteiger partial charge in [-0.3, -0.25) is 25.0 Å². The maximum Gasteiger partial charge on any atom is 0.127 e. The summed E-state index contributed by atoms with van der Waals surface area (Å²) in [5, 5.41) is 82.3. The van der Waals surface area contributed by atoms with E-state index in [-0.39, 0.29) is 21.7 Å². The number of hydrogen-bond donors (Lipinski definition) is 7. The van der Waals surface area contributed by atoms with E-state index in [1.54, 1.807) is 47.4 Å². The van der Waals surface area contributed by atoms with E-state index in [0.29, 0.717) is 86.0 Å². The monoisotopic (exact) mass is 1770 g/mol. The van der Waals surface area contributed by atoms with E-state index in [4.69, 9.17) is 5.41 Å². The predicted molar refractivity (Wildman–Crippen MR) is 556 cm³/mol. The van der Waals surface area contributed by atoms with Crippen LogP contribution in [0.15, 0.2) is 249 Å². The number of aryl methyl sites for hydroxylation is 7. The number of nitrogens with zero attached hydrogens (tertiary/aromatic N) is 5. The lowest BCUT2D eigenvalue weighted by molar-refractivity contribution is 0.448. The van der Waals surface area contributed by atoms with Crippen LogP contribution >= 0.6 is 51.5 Å². The zero-order chi connectivity index (χ0) is 91.4. The third kappa shape index (κ3) is 30.4. The van der Waals surface area contributed by atoms with Gasteiger partial charge in [0.1, 0.15) is 34.5 Å². The molecule has 18 heteroatoms. The Kier molecular flexibility index (Phi) is 38.6. The average molecular weight is 1770 g/mol. The molecule has 0 radical (unpaired) electrons. The van der Waals surface area contributed by atoms with Gasteiger partial charge < -0.3 is 36.0 Å². The van der Waals surface area contributed by atoms with Crippen LogP contribution in [0.3, 0.4) is 0 Å². The fraction of sp³-hybridized carbons (Fsp3) is 0.264. The molecule has 0 saturated heterocycles. The van der Waals surface area contributed by atoms with E-state index in [2.05, 4.69) is 238 Å². The lowest BCUT2D eigenvalue weighted by Crippen LogP contribution is -2.21. The molecule has 0 heterocycles. The Labute approximate surface area is 750 Å². The van der Waals surface area contributed by atoms with Crippen LogP contribution in [0, 0.1) is 53.9 Å². The summed E-state index contributed by atoms with van der Waals surface area (Å²) >= 11 is 0. The van der Waals surface area contributed by atoms with Gasteiger partial charge in [-0.1, -0.05) is 327 Å². The van der Waals surface area contributed by atoms with E-state index in [1.807, 2.05) is 162 Å². The Morgan fingerprint density at radius 2 is 0.548 bits per heavy atom. The normalized spacial score (nSPS) is 12.2. The van der Waals surface area contributed by atoms with Gasteiger partial charge in [0.05, 0.1) is 0 Å². The van der Waals surface area contributed by atoms with Crippen molar-refractivity contribution in [1.29, 1.82) is 5.41 Å². The largest absolute Gasteiger partial charge is 0.507 e. The van der Waals surface area contributed by atoms with Crippen molar-refractivity contribution in [2.75, 3.05) is 35.2 Å². The molecule has 12 nitrogen and oxygen atoms in total. The maximum absolute atomic E-state index is 11.0. The summed E-state index contributed by atoms with van der Waals surface area (Å²) in [5.74, 6) is 2.36. The molecule has 0 saturated carbocycles. The molecule has 0 aliphatic carbocycles. The fourth-order valence-corrected chi connectivity index (χ4v) is 20.5. The number of para-hydroxylation sites is 2. The topological polar surface area (TPSA) is 207 Å². The summed E-state index contributed by atoms with van der Waals surface area (Å²) in [6, 6.07) is 75.1. The Bertz CT molecular complexity index is 5670. The van der Waals surface area contributed by atoms with Crippen LogP contribution in [0.1, 0.15) is 178 Å². The molecule has 0 aromatic heterocycles. The summed E-state index contributed by atoms with van der Waals surface area (Å²) in [5.41, 5.74) is 18.8. The van der Waals surface area contributed by atoms with Crippen LogP contribution in [0.25, 0.3) is 0 Å². The van der Waals surface area contributed by atoms with E-state index in [9.17, 15) is 30.6 Å². The summed E-state index contributed by atoms with van der Waals surface area (Å²) in [7, 11) is 11.4. The van der Waals surface area contributed by atoms with Crippen molar-refractivity contribution in [3.63, 3.8) is 0 Å². The van der Waals surface area contributed by atoms with Crippen molar-refractivity contribution in [3.8, 4) is 34.5 Å². The van der Waals surface area contributed by atoms with Crippen LogP contribution in [-0.2, 0) is 21.7 Å². The molecule has 0 fully saturated rings.